The zero-order chi connectivity index (χ0) is 21.6. The minimum atomic E-state index is -1.15. The summed E-state index contributed by atoms with van der Waals surface area (Å²) in [6.07, 6.45) is -2.73. The Morgan fingerprint density at radius 1 is 1.07 bits per heavy atom. The van der Waals surface area contributed by atoms with Crippen molar-refractivity contribution in [3.05, 3.63) is 22.7 Å². The Hall–Kier alpha value is -2.95. The van der Waals surface area contributed by atoms with E-state index in [0.717, 1.165) is 4.57 Å². The lowest BCUT2D eigenvalue weighted by Crippen LogP contribution is -2.42. The fourth-order valence-corrected chi connectivity index (χ4v) is 2.70. The van der Waals surface area contributed by atoms with Gasteiger partial charge in [-0.3, -0.25) is 19.0 Å². The van der Waals surface area contributed by atoms with Crippen LogP contribution in [0.2, 0.25) is 0 Å². The van der Waals surface area contributed by atoms with Gasteiger partial charge in [-0.25, -0.2) is 4.79 Å². The van der Waals surface area contributed by atoms with Gasteiger partial charge in [0.15, 0.2) is 18.4 Å². The Morgan fingerprint density at radius 3 is 2.21 bits per heavy atom. The molecule has 11 nitrogen and oxygen atoms in total. The summed E-state index contributed by atoms with van der Waals surface area (Å²) in [4.78, 5) is 51.4. The molecule has 0 bridgehead atoms. The monoisotopic (exact) mass is 411 g/mol. The summed E-state index contributed by atoms with van der Waals surface area (Å²) in [5.74, 6) is -1.62. The van der Waals surface area contributed by atoms with Gasteiger partial charge in [0.05, 0.1) is 0 Å². The third-order valence-corrected chi connectivity index (χ3v) is 4.22. The molecule has 2 rings (SSSR count). The zero-order valence-electron chi connectivity index (χ0n) is 16.5. The fraction of sp³-hybridized carbons (Fsp3) is 0.611. The molecule has 0 spiro atoms. The van der Waals surface area contributed by atoms with E-state index in [9.17, 15) is 19.2 Å². The van der Waals surface area contributed by atoms with E-state index in [0.29, 0.717) is 0 Å². The van der Waals surface area contributed by atoms with E-state index >= 15 is 0 Å². The number of anilines is 1. The molecule has 0 amide bonds. The highest BCUT2D eigenvalue weighted by Gasteiger charge is 2.51. The van der Waals surface area contributed by atoms with E-state index in [1.165, 1.54) is 12.3 Å². The number of aromatic nitrogens is 2. The van der Waals surface area contributed by atoms with Gasteiger partial charge in [0.2, 0.25) is 0 Å². The van der Waals surface area contributed by atoms with Gasteiger partial charge in [-0.05, 0) is 6.07 Å². The first-order valence-corrected chi connectivity index (χ1v) is 9.35. The standard InChI is InChI=1S/C18H25N3O8/c1-4-12(22)26-9-10-15(28-13(23)5-2)16(29-14(24)6-3)17(27-10)21-8-7-11(19)20-18(21)25/h7-8,10,15-17H,4-6,9H2,1-3H3,(H2,19,20,25)/t10-,15-,16-,17-/m1/s1. The summed E-state index contributed by atoms with van der Waals surface area (Å²) in [5, 5.41) is 0. The number of nitrogens with zero attached hydrogens (tertiary/aromatic N) is 2. The van der Waals surface area contributed by atoms with Crippen molar-refractivity contribution in [2.75, 3.05) is 12.3 Å². The van der Waals surface area contributed by atoms with Crippen molar-refractivity contribution in [2.45, 2.75) is 64.6 Å². The maximum Gasteiger partial charge on any atom is 0.351 e. The number of nitrogens with two attached hydrogens (primary N) is 1. The van der Waals surface area contributed by atoms with Crippen LogP contribution in [0, 0.1) is 0 Å². The van der Waals surface area contributed by atoms with Crippen LogP contribution in [0.1, 0.15) is 46.3 Å². The van der Waals surface area contributed by atoms with Crippen LogP contribution < -0.4 is 11.4 Å². The summed E-state index contributed by atoms with van der Waals surface area (Å²) < 4.78 is 22.9. The van der Waals surface area contributed by atoms with Crippen LogP contribution in [-0.4, -0.2) is 52.4 Å². The molecule has 1 aromatic rings. The lowest BCUT2D eigenvalue weighted by Gasteiger charge is -2.24. The van der Waals surface area contributed by atoms with E-state index in [1.807, 2.05) is 0 Å². The lowest BCUT2D eigenvalue weighted by molar-refractivity contribution is -0.169. The molecule has 4 atom stereocenters. The maximum absolute atomic E-state index is 12.3. The molecule has 1 aromatic heterocycles. The molecule has 1 aliphatic rings. The van der Waals surface area contributed by atoms with Gasteiger partial charge in [0.1, 0.15) is 18.5 Å². The summed E-state index contributed by atoms with van der Waals surface area (Å²) in [7, 11) is 0. The average molecular weight is 411 g/mol. The number of rotatable bonds is 8. The lowest BCUT2D eigenvalue weighted by atomic mass is 10.1. The number of ether oxygens (including phenoxy) is 4. The summed E-state index contributed by atoms with van der Waals surface area (Å²) in [6.45, 7) is 4.57. The molecular weight excluding hydrogens is 386 g/mol. The second kappa shape index (κ2) is 10.0. The summed E-state index contributed by atoms with van der Waals surface area (Å²) >= 11 is 0. The molecule has 0 saturated carbocycles. The number of hydrogen-bond donors (Lipinski definition) is 1. The van der Waals surface area contributed by atoms with E-state index in [1.54, 1.807) is 20.8 Å². The molecule has 1 fully saturated rings. The van der Waals surface area contributed by atoms with Crippen molar-refractivity contribution < 1.29 is 33.3 Å². The Kier molecular flexibility index (Phi) is 7.71. The van der Waals surface area contributed by atoms with Crippen LogP contribution in [0.15, 0.2) is 17.1 Å². The average Bonchev–Trinajstić information content (AvgIpc) is 3.02. The minimum absolute atomic E-state index is 0.00809. The highest BCUT2D eigenvalue weighted by Crippen LogP contribution is 2.34. The van der Waals surface area contributed by atoms with Crippen LogP contribution in [0.5, 0.6) is 0 Å². The van der Waals surface area contributed by atoms with Crippen LogP contribution in [0.3, 0.4) is 0 Å². The number of hydrogen-bond acceptors (Lipinski definition) is 10. The van der Waals surface area contributed by atoms with Crippen molar-refractivity contribution in [1.29, 1.82) is 0 Å². The molecular formula is C18H25N3O8. The maximum atomic E-state index is 12.3. The highest BCUT2D eigenvalue weighted by atomic mass is 16.7. The second-order valence-electron chi connectivity index (χ2n) is 6.26. The molecule has 0 aromatic carbocycles. The number of nitrogen functional groups attached to an aromatic ring is 1. The van der Waals surface area contributed by atoms with Crippen LogP contribution >= 0.6 is 0 Å². The predicted molar refractivity (Wildman–Crippen MR) is 98.4 cm³/mol. The third kappa shape index (κ3) is 5.53. The Labute approximate surface area is 167 Å². The number of esters is 3. The molecule has 160 valence electrons. The normalized spacial score (nSPS) is 23.4. The van der Waals surface area contributed by atoms with Gasteiger partial charge in [0.25, 0.3) is 0 Å². The van der Waals surface area contributed by atoms with Crippen molar-refractivity contribution in [3.8, 4) is 0 Å². The zero-order valence-corrected chi connectivity index (χ0v) is 16.5. The van der Waals surface area contributed by atoms with Crippen molar-refractivity contribution in [3.63, 3.8) is 0 Å². The molecule has 2 heterocycles. The molecule has 29 heavy (non-hydrogen) atoms. The van der Waals surface area contributed by atoms with Gasteiger partial charge >= 0.3 is 23.6 Å². The van der Waals surface area contributed by atoms with Gasteiger partial charge in [-0.2, -0.15) is 4.98 Å². The molecule has 0 radical (unpaired) electrons. The Morgan fingerprint density at radius 2 is 1.66 bits per heavy atom. The molecule has 0 aliphatic carbocycles. The Balaban J connectivity index is 2.40. The topological polar surface area (TPSA) is 149 Å². The van der Waals surface area contributed by atoms with Crippen LogP contribution in [0.4, 0.5) is 5.82 Å². The quantitative estimate of drug-likeness (QED) is 0.468. The number of carbonyl (C=O) groups excluding carboxylic acids is 3. The minimum Gasteiger partial charge on any atom is -0.463 e. The predicted octanol–water partition coefficient (Wildman–Crippen LogP) is 0.320. The van der Waals surface area contributed by atoms with Gasteiger partial charge in [0, 0.05) is 25.5 Å². The largest absolute Gasteiger partial charge is 0.463 e. The molecule has 11 heteroatoms. The molecule has 1 aliphatic heterocycles. The van der Waals surface area contributed by atoms with E-state index in [-0.39, 0.29) is 31.7 Å². The first-order valence-electron chi connectivity index (χ1n) is 9.35. The van der Waals surface area contributed by atoms with Crippen LogP contribution in [0.25, 0.3) is 0 Å². The van der Waals surface area contributed by atoms with E-state index in [2.05, 4.69) is 4.98 Å². The molecule has 1 saturated heterocycles. The SMILES string of the molecule is CCC(=O)OC[C@H]1O[C@@H](n2ccc(N)nc2=O)[C@H](OC(=O)CC)[C@@H]1OC(=O)CC. The number of carbonyl (C=O) groups is 3. The highest BCUT2D eigenvalue weighted by molar-refractivity contribution is 5.70. The summed E-state index contributed by atoms with van der Waals surface area (Å²) in [5.41, 5.74) is 4.78. The molecule has 0 unspecified atom stereocenters. The van der Waals surface area contributed by atoms with Crippen molar-refractivity contribution in [2.24, 2.45) is 0 Å². The first kappa shape index (κ1) is 22.3. The van der Waals surface area contributed by atoms with Crippen molar-refractivity contribution in [1.82, 2.24) is 9.55 Å². The molecule has 2 N–H and O–H groups in total. The Bertz CT molecular complexity index is 809. The van der Waals surface area contributed by atoms with Crippen molar-refractivity contribution >= 4 is 23.7 Å². The fourth-order valence-electron chi connectivity index (χ4n) is 2.70. The third-order valence-electron chi connectivity index (χ3n) is 4.22. The summed E-state index contributed by atoms with van der Waals surface area (Å²) in [6, 6.07) is 1.38. The van der Waals surface area contributed by atoms with Crippen LogP contribution in [-0.2, 0) is 33.3 Å². The first-order chi connectivity index (χ1) is 13.8. The van der Waals surface area contributed by atoms with Gasteiger partial charge in [-0.15, -0.1) is 0 Å². The van der Waals surface area contributed by atoms with E-state index in [4.69, 9.17) is 24.7 Å². The van der Waals surface area contributed by atoms with Gasteiger partial charge < -0.3 is 24.7 Å². The smallest absolute Gasteiger partial charge is 0.351 e. The van der Waals surface area contributed by atoms with Gasteiger partial charge in [-0.1, -0.05) is 20.8 Å². The second-order valence-corrected chi connectivity index (χ2v) is 6.26. The van der Waals surface area contributed by atoms with E-state index < -0.39 is 48.1 Å².